The van der Waals surface area contributed by atoms with Gasteiger partial charge in [0.2, 0.25) is 5.28 Å². The molecule has 0 saturated carbocycles. The topological polar surface area (TPSA) is 92.0 Å². The molecule has 2 N–H and O–H groups in total. The molecule has 0 radical (unpaired) electrons. The van der Waals surface area contributed by atoms with E-state index in [1.807, 2.05) is 0 Å². The van der Waals surface area contributed by atoms with Crippen molar-refractivity contribution in [2.75, 3.05) is 0 Å². The van der Waals surface area contributed by atoms with E-state index in [0.717, 1.165) is 30.3 Å². The molecule has 2 aromatic carbocycles. The van der Waals surface area contributed by atoms with Crippen LogP contribution in [0.15, 0.2) is 61.2 Å². The van der Waals surface area contributed by atoms with Gasteiger partial charge in [0.05, 0.1) is 33.5 Å². The van der Waals surface area contributed by atoms with Gasteiger partial charge in [-0.05, 0) is 35.9 Å². The Balaban J connectivity index is 0.000000272. The van der Waals surface area contributed by atoms with Crippen LogP contribution in [0.2, 0.25) is 15.3 Å². The Kier molecular flexibility index (Phi) is 12.6. The number of nitrogens with zero attached hydrogens (tertiary/aromatic N) is 4. The molecular weight excluding hydrogens is 533 g/mol. The molecule has 0 spiro atoms. The van der Waals surface area contributed by atoms with Crippen LogP contribution in [0.3, 0.4) is 0 Å². The van der Waals surface area contributed by atoms with Gasteiger partial charge >= 0.3 is 7.12 Å². The summed E-state index contributed by atoms with van der Waals surface area (Å²) < 4.78 is 51.6. The summed E-state index contributed by atoms with van der Waals surface area (Å²) in [6, 6.07) is 6.64. The van der Waals surface area contributed by atoms with Crippen molar-refractivity contribution in [3.8, 4) is 11.4 Å². The second-order valence-corrected chi connectivity index (χ2v) is 7.21. The molecule has 0 unspecified atom stereocenters. The molecule has 4 rings (SSSR count). The van der Waals surface area contributed by atoms with Crippen molar-refractivity contribution in [2.45, 2.75) is 7.43 Å². The first-order valence-electron chi connectivity index (χ1n) is 8.95. The van der Waals surface area contributed by atoms with E-state index in [0.29, 0.717) is 10.0 Å². The van der Waals surface area contributed by atoms with Crippen LogP contribution in [0.25, 0.3) is 11.4 Å². The van der Waals surface area contributed by atoms with E-state index in [-0.39, 0.29) is 24.1 Å². The summed E-state index contributed by atoms with van der Waals surface area (Å²) in [4.78, 5) is 14.7. The minimum absolute atomic E-state index is 0. The van der Waals surface area contributed by atoms with Gasteiger partial charge in [0.1, 0.15) is 23.3 Å². The van der Waals surface area contributed by atoms with Gasteiger partial charge in [-0.1, -0.05) is 42.8 Å². The predicted molar refractivity (Wildman–Crippen MR) is 127 cm³/mol. The highest BCUT2D eigenvalue weighted by molar-refractivity contribution is 6.58. The van der Waals surface area contributed by atoms with Crippen molar-refractivity contribution in [3.63, 3.8) is 0 Å². The largest absolute Gasteiger partial charge is 0.494 e. The van der Waals surface area contributed by atoms with Gasteiger partial charge in [-0.15, -0.1) is 0 Å². The molecule has 35 heavy (non-hydrogen) atoms. The van der Waals surface area contributed by atoms with E-state index in [1.165, 1.54) is 30.9 Å². The van der Waals surface area contributed by atoms with Crippen LogP contribution >= 0.6 is 34.8 Å². The lowest BCUT2D eigenvalue weighted by atomic mass is 9.79. The molecule has 2 heterocycles. The SMILES string of the molecule is C.Clc1cnc(Cl)nc1.Fc1cccc(F)c1-c1ncc(Cl)cn1.OB(O)c1c(F)cccc1F. The van der Waals surface area contributed by atoms with Gasteiger partial charge in [-0.25, -0.2) is 37.5 Å². The summed E-state index contributed by atoms with van der Waals surface area (Å²) in [5.41, 5.74) is -0.957. The van der Waals surface area contributed by atoms with E-state index in [9.17, 15) is 17.6 Å². The zero-order chi connectivity index (χ0) is 25.3. The molecule has 6 nitrogen and oxygen atoms in total. The first kappa shape index (κ1) is 30.2. The lowest BCUT2D eigenvalue weighted by molar-refractivity contribution is 0.419. The quantitative estimate of drug-likeness (QED) is 0.204. The number of halogens is 7. The molecule has 0 aliphatic rings. The fourth-order valence-electron chi connectivity index (χ4n) is 2.21. The minimum atomic E-state index is -2.10. The Morgan fingerprint density at radius 2 is 1.00 bits per heavy atom. The minimum Gasteiger partial charge on any atom is -0.423 e. The molecule has 0 aliphatic heterocycles. The molecule has 2 aromatic heterocycles. The van der Waals surface area contributed by atoms with Crippen LogP contribution in [-0.4, -0.2) is 37.1 Å². The maximum atomic E-state index is 13.3. The van der Waals surface area contributed by atoms with Crippen molar-refractivity contribution < 1.29 is 27.6 Å². The average Bonchev–Trinajstić information content (AvgIpc) is 2.77. The lowest BCUT2D eigenvalue weighted by Crippen LogP contribution is -2.35. The normalized spacial score (nSPS) is 9.63. The van der Waals surface area contributed by atoms with Crippen molar-refractivity contribution >= 4 is 47.4 Å². The van der Waals surface area contributed by atoms with Crippen molar-refractivity contribution in [2.24, 2.45) is 0 Å². The molecular formula is C21H16BCl3F4N4O2. The van der Waals surface area contributed by atoms with Crippen LogP contribution in [0.1, 0.15) is 7.43 Å². The Bertz CT molecular complexity index is 1160. The fourth-order valence-corrected chi connectivity index (χ4v) is 2.50. The zero-order valence-electron chi connectivity index (χ0n) is 16.7. The third-order valence-electron chi connectivity index (χ3n) is 3.65. The Hall–Kier alpha value is -2.83. The first-order valence-corrected chi connectivity index (χ1v) is 10.1. The zero-order valence-corrected chi connectivity index (χ0v) is 18.9. The number of hydrogen-bond donors (Lipinski definition) is 2. The van der Waals surface area contributed by atoms with E-state index >= 15 is 0 Å². The van der Waals surface area contributed by atoms with Crippen LogP contribution in [0.4, 0.5) is 17.6 Å². The monoisotopic (exact) mass is 548 g/mol. The second kappa shape index (κ2) is 14.5. The molecule has 0 saturated heterocycles. The Labute approximate surface area is 213 Å². The molecule has 0 fully saturated rings. The lowest BCUT2D eigenvalue weighted by Gasteiger charge is -2.02. The standard InChI is InChI=1S/C10H5ClF2N2.C6H5BF2O2.C4H2Cl2N2.CH4/c11-6-4-14-10(15-5-6)9-7(12)2-1-3-8(9)13;8-4-2-1-3-5(9)6(4)7(10)11;5-3-1-7-4(6)8-2-3;/h1-5H;1-3,10-11H;1-2H;1H4. The highest BCUT2D eigenvalue weighted by atomic mass is 35.5. The van der Waals surface area contributed by atoms with Crippen molar-refractivity contribution in [1.29, 1.82) is 0 Å². The average molecular weight is 550 g/mol. The van der Waals surface area contributed by atoms with E-state index < -0.39 is 35.9 Å². The molecule has 0 aliphatic carbocycles. The van der Waals surface area contributed by atoms with Crippen molar-refractivity contribution in [3.05, 3.63) is 99.8 Å². The summed E-state index contributed by atoms with van der Waals surface area (Å²) >= 11 is 16.3. The van der Waals surface area contributed by atoms with Crippen molar-refractivity contribution in [1.82, 2.24) is 19.9 Å². The molecule has 4 aromatic rings. The van der Waals surface area contributed by atoms with E-state index in [1.54, 1.807) is 0 Å². The summed E-state index contributed by atoms with van der Waals surface area (Å²) in [5, 5.41) is 17.9. The molecule has 0 amide bonds. The maximum Gasteiger partial charge on any atom is 0.494 e. The second-order valence-electron chi connectivity index (χ2n) is 6.00. The third kappa shape index (κ3) is 9.38. The highest BCUT2D eigenvalue weighted by Gasteiger charge is 2.20. The van der Waals surface area contributed by atoms with Gasteiger partial charge in [-0.2, -0.15) is 0 Å². The predicted octanol–water partition coefficient (Wildman–Crippen LogP) is 5.14. The van der Waals surface area contributed by atoms with E-state index in [4.69, 9.17) is 44.9 Å². The molecule has 184 valence electrons. The van der Waals surface area contributed by atoms with E-state index in [2.05, 4.69) is 19.9 Å². The van der Waals surface area contributed by atoms with Gasteiger partial charge < -0.3 is 10.0 Å². The van der Waals surface area contributed by atoms with Crippen LogP contribution < -0.4 is 5.46 Å². The van der Waals surface area contributed by atoms with Crippen LogP contribution in [-0.2, 0) is 0 Å². The van der Waals surface area contributed by atoms with Gasteiger partial charge in [0.25, 0.3) is 0 Å². The maximum absolute atomic E-state index is 13.3. The fraction of sp³-hybridized carbons (Fsp3) is 0.0476. The summed E-state index contributed by atoms with van der Waals surface area (Å²) in [5.74, 6) is -3.33. The molecule has 0 atom stereocenters. The molecule has 14 heteroatoms. The van der Waals surface area contributed by atoms with Gasteiger partial charge in [0.15, 0.2) is 5.82 Å². The number of benzene rings is 2. The Morgan fingerprint density at radius 1 is 0.629 bits per heavy atom. The summed E-state index contributed by atoms with van der Waals surface area (Å²) in [7, 11) is -2.10. The third-order valence-corrected chi connectivity index (χ3v) is 4.24. The molecule has 0 bridgehead atoms. The number of rotatable bonds is 2. The first-order chi connectivity index (χ1) is 16.1. The summed E-state index contributed by atoms with van der Waals surface area (Å²) in [6.07, 6.45) is 5.46. The summed E-state index contributed by atoms with van der Waals surface area (Å²) in [6.45, 7) is 0. The number of hydrogen-bond acceptors (Lipinski definition) is 6. The highest BCUT2D eigenvalue weighted by Crippen LogP contribution is 2.22. The number of aromatic nitrogens is 4. The van der Waals surface area contributed by atoms with Crippen LogP contribution in [0.5, 0.6) is 0 Å². The van der Waals surface area contributed by atoms with Gasteiger partial charge in [0, 0.05) is 12.4 Å². The van der Waals surface area contributed by atoms with Gasteiger partial charge in [-0.3, -0.25) is 0 Å². The van der Waals surface area contributed by atoms with Crippen LogP contribution in [0, 0.1) is 23.3 Å². The Morgan fingerprint density at radius 3 is 1.34 bits per heavy atom. The smallest absolute Gasteiger partial charge is 0.423 e.